The fourth-order valence-electron chi connectivity index (χ4n) is 1.81. The van der Waals surface area contributed by atoms with Crippen molar-refractivity contribution >= 4 is 40.2 Å². The first-order valence-corrected chi connectivity index (χ1v) is 6.35. The first-order valence-electron chi connectivity index (χ1n) is 4.45. The van der Waals surface area contributed by atoms with E-state index < -0.39 is 0 Å². The average Bonchev–Trinajstić information content (AvgIpc) is 2.67. The largest absolute Gasteiger partial charge is 0.469 e. The Bertz CT molecular complexity index is 273. The van der Waals surface area contributed by atoms with Crippen LogP contribution in [0.4, 0.5) is 0 Å². The lowest BCUT2D eigenvalue weighted by Gasteiger charge is -1.99. The Morgan fingerprint density at radius 3 is 2.64 bits per heavy atom. The van der Waals surface area contributed by atoms with Crippen LogP contribution in [-0.4, -0.2) is 17.5 Å². The third kappa shape index (κ3) is 2.24. The summed E-state index contributed by atoms with van der Waals surface area (Å²) in [6.07, 6.45) is 1.98. The van der Waals surface area contributed by atoms with Crippen LogP contribution in [0.1, 0.15) is 13.8 Å². The SMILES string of the molecule is COC(=O)C1C(/C=C(\Cl)CI)C1(C)C. The van der Waals surface area contributed by atoms with Crippen molar-refractivity contribution in [2.75, 3.05) is 11.5 Å². The number of hydrogen-bond acceptors (Lipinski definition) is 2. The topological polar surface area (TPSA) is 26.3 Å². The predicted octanol–water partition coefficient (Wildman–Crippen LogP) is 2.99. The van der Waals surface area contributed by atoms with Gasteiger partial charge in [-0.15, -0.1) is 0 Å². The minimum atomic E-state index is -0.130. The smallest absolute Gasteiger partial charge is 0.309 e. The van der Waals surface area contributed by atoms with Gasteiger partial charge in [0.15, 0.2) is 0 Å². The zero-order chi connectivity index (χ0) is 10.9. The summed E-state index contributed by atoms with van der Waals surface area (Å²) in [5, 5.41) is 0.815. The molecule has 0 aromatic rings. The van der Waals surface area contributed by atoms with Crippen molar-refractivity contribution in [2.24, 2.45) is 17.3 Å². The summed E-state index contributed by atoms with van der Waals surface area (Å²) in [5.74, 6) is 0.0793. The van der Waals surface area contributed by atoms with Crippen LogP contribution in [-0.2, 0) is 9.53 Å². The van der Waals surface area contributed by atoms with E-state index in [9.17, 15) is 4.79 Å². The van der Waals surface area contributed by atoms with Crippen molar-refractivity contribution in [2.45, 2.75) is 13.8 Å². The zero-order valence-electron chi connectivity index (χ0n) is 8.51. The average molecular weight is 329 g/mol. The molecule has 1 aliphatic rings. The molecule has 1 fully saturated rings. The van der Waals surface area contributed by atoms with Crippen LogP contribution in [0.5, 0.6) is 0 Å². The molecule has 0 aromatic heterocycles. The molecule has 0 N–H and O–H groups in total. The summed E-state index contributed by atoms with van der Waals surface area (Å²) in [6, 6.07) is 0. The van der Waals surface area contributed by atoms with Gasteiger partial charge in [-0.25, -0.2) is 0 Å². The van der Waals surface area contributed by atoms with Crippen LogP contribution in [0.25, 0.3) is 0 Å². The van der Waals surface area contributed by atoms with Gasteiger partial charge in [-0.3, -0.25) is 4.79 Å². The molecule has 0 aromatic carbocycles. The van der Waals surface area contributed by atoms with Gasteiger partial charge in [-0.1, -0.05) is 54.1 Å². The Balaban J connectivity index is 2.71. The fourth-order valence-corrected chi connectivity index (χ4v) is 2.20. The molecule has 4 heteroatoms. The summed E-state index contributed by atoms with van der Waals surface area (Å²) >= 11 is 8.15. The second kappa shape index (κ2) is 4.39. The molecule has 0 spiro atoms. The van der Waals surface area contributed by atoms with Crippen LogP contribution < -0.4 is 0 Å². The van der Waals surface area contributed by atoms with Crippen LogP contribution in [0.3, 0.4) is 0 Å². The lowest BCUT2D eigenvalue weighted by atomic mass is 10.1. The van der Waals surface area contributed by atoms with Gasteiger partial charge >= 0.3 is 5.97 Å². The zero-order valence-corrected chi connectivity index (χ0v) is 11.4. The van der Waals surface area contributed by atoms with Gasteiger partial charge < -0.3 is 4.74 Å². The molecule has 1 rings (SSSR count). The molecule has 80 valence electrons. The van der Waals surface area contributed by atoms with E-state index in [0.29, 0.717) is 0 Å². The normalized spacial score (nSPS) is 29.9. The minimum absolute atomic E-state index is 0.000949. The summed E-state index contributed by atoms with van der Waals surface area (Å²) < 4.78 is 5.53. The number of ether oxygens (including phenoxy) is 1. The third-order valence-corrected chi connectivity index (χ3v) is 4.39. The number of esters is 1. The molecule has 14 heavy (non-hydrogen) atoms. The Morgan fingerprint density at radius 2 is 2.21 bits per heavy atom. The number of rotatable bonds is 3. The molecule has 0 bridgehead atoms. The van der Waals surface area contributed by atoms with Crippen molar-refractivity contribution < 1.29 is 9.53 Å². The standard InChI is InChI=1S/C10H14ClIO2/c1-10(2)7(4-6(11)5-12)8(10)9(13)14-3/h4,7-8H,5H2,1-3H3/b6-4-. The van der Waals surface area contributed by atoms with Crippen molar-refractivity contribution in [1.82, 2.24) is 0 Å². The molecule has 0 heterocycles. The monoisotopic (exact) mass is 328 g/mol. The number of carbonyl (C=O) groups excluding carboxylic acids is 1. The number of halogens is 2. The molecule has 2 nitrogen and oxygen atoms in total. The minimum Gasteiger partial charge on any atom is -0.469 e. The van der Waals surface area contributed by atoms with E-state index in [4.69, 9.17) is 16.3 Å². The first-order chi connectivity index (χ1) is 6.45. The highest BCUT2D eigenvalue weighted by molar-refractivity contribution is 14.1. The molecule has 2 atom stereocenters. The van der Waals surface area contributed by atoms with Gasteiger partial charge in [0.05, 0.1) is 13.0 Å². The van der Waals surface area contributed by atoms with Crippen molar-refractivity contribution in [3.05, 3.63) is 11.1 Å². The maximum Gasteiger partial charge on any atom is 0.309 e. The molecular formula is C10H14ClIO2. The molecule has 0 saturated heterocycles. The molecule has 0 radical (unpaired) electrons. The second-order valence-electron chi connectivity index (χ2n) is 4.10. The van der Waals surface area contributed by atoms with Gasteiger partial charge in [0, 0.05) is 9.46 Å². The highest BCUT2D eigenvalue weighted by Crippen LogP contribution is 2.59. The number of carbonyl (C=O) groups is 1. The van der Waals surface area contributed by atoms with Crippen molar-refractivity contribution in [3.8, 4) is 0 Å². The van der Waals surface area contributed by atoms with Gasteiger partial charge in [0.1, 0.15) is 0 Å². The summed E-state index contributed by atoms with van der Waals surface area (Å²) in [7, 11) is 1.43. The van der Waals surface area contributed by atoms with E-state index in [0.717, 1.165) is 9.46 Å². The first kappa shape index (κ1) is 12.3. The lowest BCUT2D eigenvalue weighted by molar-refractivity contribution is -0.143. The Kier molecular flexibility index (Phi) is 3.86. The van der Waals surface area contributed by atoms with Gasteiger partial charge in [-0.05, 0) is 11.3 Å². The Hall–Kier alpha value is 0.230. The van der Waals surface area contributed by atoms with Gasteiger partial charge in [-0.2, -0.15) is 0 Å². The Labute approximate surface area is 103 Å². The molecule has 1 aliphatic carbocycles. The van der Waals surface area contributed by atoms with E-state index in [2.05, 4.69) is 36.4 Å². The maximum atomic E-state index is 11.4. The molecule has 1 saturated carbocycles. The van der Waals surface area contributed by atoms with E-state index in [1.165, 1.54) is 7.11 Å². The quantitative estimate of drug-likeness (QED) is 0.452. The molecule has 0 aliphatic heterocycles. The summed E-state index contributed by atoms with van der Waals surface area (Å²) in [5.41, 5.74) is -0.000949. The van der Waals surface area contributed by atoms with Crippen molar-refractivity contribution in [1.29, 1.82) is 0 Å². The summed E-state index contributed by atoms with van der Waals surface area (Å²) in [4.78, 5) is 11.4. The van der Waals surface area contributed by atoms with E-state index in [1.54, 1.807) is 0 Å². The van der Waals surface area contributed by atoms with E-state index >= 15 is 0 Å². The number of alkyl halides is 1. The Morgan fingerprint density at radius 1 is 1.64 bits per heavy atom. The highest BCUT2D eigenvalue weighted by atomic mass is 127. The van der Waals surface area contributed by atoms with E-state index in [1.807, 2.05) is 6.08 Å². The van der Waals surface area contributed by atoms with E-state index in [-0.39, 0.29) is 23.2 Å². The number of methoxy groups -OCH3 is 1. The molecule has 0 amide bonds. The van der Waals surface area contributed by atoms with Crippen LogP contribution in [0.15, 0.2) is 11.1 Å². The van der Waals surface area contributed by atoms with Gasteiger partial charge in [0.25, 0.3) is 0 Å². The van der Waals surface area contributed by atoms with Crippen LogP contribution in [0.2, 0.25) is 0 Å². The molecular weight excluding hydrogens is 314 g/mol. The third-order valence-electron chi connectivity index (χ3n) is 2.85. The predicted molar refractivity (Wildman–Crippen MR) is 65.6 cm³/mol. The highest BCUT2D eigenvalue weighted by Gasteiger charge is 2.61. The lowest BCUT2D eigenvalue weighted by Crippen LogP contribution is -2.07. The van der Waals surface area contributed by atoms with Gasteiger partial charge in [0.2, 0.25) is 0 Å². The maximum absolute atomic E-state index is 11.4. The summed E-state index contributed by atoms with van der Waals surface area (Å²) in [6.45, 7) is 4.13. The van der Waals surface area contributed by atoms with Crippen LogP contribution in [0, 0.1) is 17.3 Å². The van der Waals surface area contributed by atoms with Crippen LogP contribution >= 0.6 is 34.2 Å². The number of hydrogen-bond donors (Lipinski definition) is 0. The molecule has 2 unspecified atom stereocenters. The fraction of sp³-hybridized carbons (Fsp3) is 0.700. The van der Waals surface area contributed by atoms with Crippen molar-refractivity contribution in [3.63, 3.8) is 0 Å². The number of allylic oxidation sites excluding steroid dienone is 2. The second-order valence-corrected chi connectivity index (χ2v) is 5.34.